The molecule has 0 saturated heterocycles. The average Bonchev–Trinajstić information content (AvgIpc) is 3.12. The largest absolute Gasteiger partial charge is 0.377 e. The van der Waals surface area contributed by atoms with Crippen LogP contribution in [0.2, 0.25) is 5.02 Å². The number of aliphatic hydroxyl groups is 1. The predicted octanol–water partition coefficient (Wildman–Crippen LogP) is 3.55. The summed E-state index contributed by atoms with van der Waals surface area (Å²) in [7, 11) is -3.87. The minimum absolute atomic E-state index is 0.0302. The van der Waals surface area contributed by atoms with Crippen molar-refractivity contribution >= 4 is 44.5 Å². The number of rotatable bonds is 6. The highest BCUT2D eigenvalue weighted by Crippen LogP contribution is 2.34. The van der Waals surface area contributed by atoms with Gasteiger partial charge in [0.25, 0.3) is 0 Å². The monoisotopic (exact) mass is 480 g/mol. The van der Waals surface area contributed by atoms with Gasteiger partial charge in [0.15, 0.2) is 10.8 Å². The van der Waals surface area contributed by atoms with Gasteiger partial charge in [0.05, 0.1) is 6.54 Å². The molecule has 1 heterocycles. The zero-order valence-corrected chi connectivity index (χ0v) is 20.0. The number of β-amino-alcohol motifs (C(OH)–C–C–N with tert-alkyl or cyclic N) is 1. The van der Waals surface area contributed by atoms with Crippen LogP contribution in [0.25, 0.3) is 0 Å². The first-order valence-electron chi connectivity index (χ1n) is 9.79. The van der Waals surface area contributed by atoms with Gasteiger partial charge in [0.1, 0.15) is 5.71 Å². The second kappa shape index (κ2) is 9.70. The van der Waals surface area contributed by atoms with Crippen molar-refractivity contribution in [1.29, 1.82) is 0 Å². The molecule has 31 heavy (non-hydrogen) atoms. The van der Waals surface area contributed by atoms with E-state index in [0.717, 1.165) is 11.8 Å². The number of amidine groups is 1. The summed E-state index contributed by atoms with van der Waals surface area (Å²) in [6.07, 6.45) is 1.73. The maximum Gasteiger partial charge on any atom is 0.324 e. The maximum atomic E-state index is 12.7. The lowest BCUT2D eigenvalue weighted by Gasteiger charge is -2.26. The van der Waals surface area contributed by atoms with Crippen molar-refractivity contribution in [3.8, 4) is 0 Å². The molecule has 7 nitrogen and oxygen atoms in total. The van der Waals surface area contributed by atoms with Crippen LogP contribution in [0, 0.1) is 0 Å². The number of hydrogen-bond donors (Lipinski definition) is 1. The summed E-state index contributed by atoms with van der Waals surface area (Å²) in [5.74, 6) is 0. The summed E-state index contributed by atoms with van der Waals surface area (Å²) < 4.78 is 30.7. The molecule has 0 spiro atoms. The Morgan fingerprint density at radius 1 is 1.19 bits per heavy atom. The molecule has 1 aliphatic heterocycles. The lowest BCUT2D eigenvalue weighted by atomic mass is 9.86. The zero-order chi connectivity index (χ0) is 22.6. The van der Waals surface area contributed by atoms with Gasteiger partial charge in [0.2, 0.25) is 0 Å². The van der Waals surface area contributed by atoms with E-state index >= 15 is 0 Å². The summed E-state index contributed by atoms with van der Waals surface area (Å²) >= 11 is 7.19. The Kier molecular flexibility index (Phi) is 7.43. The Bertz CT molecular complexity index is 1070. The molecule has 1 aliphatic rings. The molecule has 0 radical (unpaired) electrons. The van der Waals surface area contributed by atoms with Gasteiger partial charge in [-0.25, -0.2) is 5.01 Å². The van der Waals surface area contributed by atoms with E-state index in [1.165, 1.54) is 9.31 Å². The van der Waals surface area contributed by atoms with Crippen LogP contribution in [0.3, 0.4) is 0 Å². The van der Waals surface area contributed by atoms with E-state index in [9.17, 15) is 13.5 Å². The smallest absolute Gasteiger partial charge is 0.324 e. The van der Waals surface area contributed by atoms with Gasteiger partial charge in [-0.15, -0.1) is 4.40 Å². The summed E-state index contributed by atoms with van der Waals surface area (Å²) in [5.41, 5.74) is 0.283. The van der Waals surface area contributed by atoms with Gasteiger partial charge in [-0.3, -0.25) is 0 Å². The highest BCUT2D eigenvalue weighted by Gasteiger charge is 2.44. The standard InChI is InChI=1S/C21H25ClN4O3S2/c1-4-25(5-2)31(28,29)24-20(30-3)26-15-21(27,17-9-7-6-8-10-17)19(23-26)16-11-13-18(22)14-12-16/h6-14,27H,4-5,15H2,1-3H3/b24-20-. The van der Waals surface area contributed by atoms with E-state index in [1.807, 2.05) is 30.3 Å². The minimum atomic E-state index is -3.87. The first kappa shape index (κ1) is 23.7. The fourth-order valence-corrected chi connectivity index (χ4v) is 5.47. The molecule has 0 aliphatic carbocycles. The highest BCUT2D eigenvalue weighted by molar-refractivity contribution is 8.13. The molecular weight excluding hydrogens is 456 g/mol. The Balaban J connectivity index is 2.09. The summed E-state index contributed by atoms with van der Waals surface area (Å²) in [5, 5.41) is 18.5. The van der Waals surface area contributed by atoms with Crippen molar-refractivity contribution in [3.63, 3.8) is 0 Å². The lowest BCUT2D eigenvalue weighted by molar-refractivity contribution is 0.105. The van der Waals surface area contributed by atoms with Gasteiger partial charge in [-0.05, 0) is 24.0 Å². The van der Waals surface area contributed by atoms with E-state index < -0.39 is 15.8 Å². The van der Waals surface area contributed by atoms with Crippen molar-refractivity contribution < 1.29 is 13.5 Å². The molecular formula is C21H25ClN4O3S2. The molecule has 1 unspecified atom stereocenters. The third-order valence-corrected chi connectivity index (χ3v) is 7.60. The quantitative estimate of drug-likeness (QED) is 0.504. The third-order valence-electron chi connectivity index (χ3n) is 4.99. The fraction of sp³-hybridized carbons (Fsp3) is 0.333. The maximum absolute atomic E-state index is 12.7. The SMILES string of the molecule is CCN(CC)S(=O)(=O)/N=C(\SC)N1CC(O)(c2ccccc2)C(c2ccc(Cl)cc2)=N1. The lowest BCUT2D eigenvalue weighted by Crippen LogP contribution is -2.40. The van der Waals surface area contributed by atoms with Gasteiger partial charge in [-0.1, -0.05) is 79.7 Å². The Labute approximate surface area is 192 Å². The Hall–Kier alpha value is -1.91. The van der Waals surface area contributed by atoms with Gasteiger partial charge in [0, 0.05) is 23.7 Å². The highest BCUT2D eigenvalue weighted by atomic mass is 35.5. The topological polar surface area (TPSA) is 85.6 Å². The summed E-state index contributed by atoms with van der Waals surface area (Å²) in [6, 6.07) is 16.2. The molecule has 0 amide bonds. The van der Waals surface area contributed by atoms with Crippen molar-refractivity contribution in [2.75, 3.05) is 25.9 Å². The van der Waals surface area contributed by atoms with Gasteiger partial charge in [-0.2, -0.15) is 17.8 Å². The van der Waals surface area contributed by atoms with Crippen LogP contribution in [0.4, 0.5) is 0 Å². The molecule has 2 aromatic rings. The average molecular weight is 481 g/mol. The third kappa shape index (κ3) is 4.96. The first-order valence-corrected chi connectivity index (χ1v) is 12.8. The second-order valence-electron chi connectivity index (χ2n) is 6.88. The number of hydrazone groups is 1. The number of halogens is 1. The van der Waals surface area contributed by atoms with E-state index in [1.54, 1.807) is 44.4 Å². The van der Waals surface area contributed by atoms with Crippen LogP contribution in [-0.4, -0.2) is 59.6 Å². The van der Waals surface area contributed by atoms with Crippen LogP contribution in [-0.2, 0) is 15.8 Å². The minimum Gasteiger partial charge on any atom is -0.377 e. The van der Waals surface area contributed by atoms with E-state index in [2.05, 4.69) is 9.50 Å². The van der Waals surface area contributed by atoms with Gasteiger partial charge >= 0.3 is 10.2 Å². The number of hydrogen-bond acceptors (Lipinski definition) is 5. The zero-order valence-electron chi connectivity index (χ0n) is 17.6. The molecule has 2 aromatic carbocycles. The van der Waals surface area contributed by atoms with Crippen LogP contribution < -0.4 is 0 Å². The second-order valence-corrected chi connectivity index (χ2v) is 9.68. The van der Waals surface area contributed by atoms with E-state index in [0.29, 0.717) is 35.0 Å². The molecule has 1 atom stereocenters. The van der Waals surface area contributed by atoms with Crippen LogP contribution in [0.1, 0.15) is 25.0 Å². The molecule has 0 bridgehead atoms. The van der Waals surface area contributed by atoms with E-state index in [4.69, 9.17) is 11.6 Å². The molecule has 1 N–H and O–H groups in total. The van der Waals surface area contributed by atoms with Crippen LogP contribution in [0.5, 0.6) is 0 Å². The Morgan fingerprint density at radius 2 is 1.81 bits per heavy atom. The van der Waals surface area contributed by atoms with E-state index in [-0.39, 0.29) is 11.7 Å². The Morgan fingerprint density at radius 3 is 2.35 bits per heavy atom. The molecule has 0 aromatic heterocycles. The summed E-state index contributed by atoms with van der Waals surface area (Å²) in [4.78, 5) is 0. The van der Waals surface area contributed by atoms with Crippen LogP contribution >= 0.6 is 23.4 Å². The normalized spacial score (nSPS) is 19.7. The van der Waals surface area contributed by atoms with Crippen molar-refractivity contribution in [2.45, 2.75) is 19.4 Å². The van der Waals surface area contributed by atoms with Crippen molar-refractivity contribution in [1.82, 2.24) is 9.31 Å². The molecule has 0 fully saturated rings. The van der Waals surface area contributed by atoms with Crippen molar-refractivity contribution in [2.24, 2.45) is 9.50 Å². The number of benzene rings is 2. The summed E-state index contributed by atoms with van der Waals surface area (Å²) in [6.45, 7) is 4.18. The molecule has 166 valence electrons. The predicted molar refractivity (Wildman–Crippen MR) is 128 cm³/mol. The van der Waals surface area contributed by atoms with Crippen LogP contribution in [0.15, 0.2) is 64.1 Å². The fourth-order valence-electron chi connectivity index (χ4n) is 3.38. The van der Waals surface area contributed by atoms with Gasteiger partial charge < -0.3 is 5.11 Å². The first-order chi connectivity index (χ1) is 14.7. The molecule has 10 heteroatoms. The van der Waals surface area contributed by atoms with Crippen molar-refractivity contribution in [3.05, 3.63) is 70.7 Å². The molecule has 3 rings (SSSR count). The number of nitrogens with zero attached hydrogens (tertiary/aromatic N) is 4. The molecule has 0 saturated carbocycles. The number of thioether (sulfide) groups is 1.